The molecule has 0 saturated heterocycles. The molecule has 0 radical (unpaired) electrons. The monoisotopic (exact) mass is 303 g/mol. The van der Waals surface area contributed by atoms with E-state index in [-0.39, 0.29) is 12.5 Å². The number of halogens is 3. The fourth-order valence-corrected chi connectivity index (χ4v) is 2.47. The second kappa shape index (κ2) is 9.05. The van der Waals surface area contributed by atoms with Gasteiger partial charge in [0.05, 0.1) is 6.42 Å². The van der Waals surface area contributed by atoms with E-state index < -0.39 is 18.6 Å². The number of aliphatic hydroxyl groups excluding tert-OH is 1. The van der Waals surface area contributed by atoms with Crippen molar-refractivity contribution in [3.05, 3.63) is 35.9 Å². The highest BCUT2D eigenvalue weighted by molar-refractivity contribution is 5.19. The summed E-state index contributed by atoms with van der Waals surface area (Å²) in [6.07, 6.45) is -2.60. The first-order chi connectivity index (χ1) is 9.96. The first-order valence-corrected chi connectivity index (χ1v) is 7.42. The predicted octanol–water partition coefficient (Wildman–Crippen LogP) is 4.07. The lowest BCUT2D eigenvalue weighted by Crippen LogP contribution is -2.31. The third-order valence-corrected chi connectivity index (χ3v) is 3.52. The van der Waals surface area contributed by atoms with Crippen molar-refractivity contribution in [1.29, 1.82) is 0 Å². The van der Waals surface area contributed by atoms with Crippen LogP contribution in [0.15, 0.2) is 30.3 Å². The van der Waals surface area contributed by atoms with Gasteiger partial charge in [0.1, 0.15) is 0 Å². The van der Waals surface area contributed by atoms with E-state index in [0.717, 1.165) is 12.8 Å². The van der Waals surface area contributed by atoms with Gasteiger partial charge in [-0.1, -0.05) is 43.7 Å². The summed E-state index contributed by atoms with van der Waals surface area (Å²) in [5, 5.41) is 12.1. The van der Waals surface area contributed by atoms with Gasteiger partial charge >= 0.3 is 6.18 Å². The molecule has 1 aromatic carbocycles. The van der Waals surface area contributed by atoms with Crippen LogP contribution < -0.4 is 5.32 Å². The molecule has 0 aliphatic heterocycles. The standard InChI is InChI=1S/C16H24F3NO/c1-2-6-13(9-10-21)12-20-15(11-16(17,18)19)14-7-4-3-5-8-14/h3-5,7-8,13,15,20-21H,2,6,9-12H2,1H3. The highest BCUT2D eigenvalue weighted by atomic mass is 19.4. The Morgan fingerprint density at radius 3 is 2.33 bits per heavy atom. The normalized spacial score (nSPS) is 14.9. The Bertz CT molecular complexity index is 375. The van der Waals surface area contributed by atoms with Crippen LogP contribution in [0.4, 0.5) is 13.2 Å². The maximum absolute atomic E-state index is 12.7. The summed E-state index contributed by atoms with van der Waals surface area (Å²) in [6.45, 7) is 2.60. The van der Waals surface area contributed by atoms with Crippen LogP contribution in [-0.4, -0.2) is 24.4 Å². The average molecular weight is 303 g/mol. The maximum atomic E-state index is 12.7. The molecule has 21 heavy (non-hydrogen) atoms. The smallest absolute Gasteiger partial charge is 0.390 e. The van der Waals surface area contributed by atoms with Gasteiger partial charge in [0, 0.05) is 12.6 Å². The third kappa shape index (κ3) is 7.48. The molecule has 2 nitrogen and oxygen atoms in total. The largest absolute Gasteiger partial charge is 0.396 e. The van der Waals surface area contributed by atoms with E-state index in [0.29, 0.717) is 18.5 Å². The fraction of sp³-hybridized carbons (Fsp3) is 0.625. The van der Waals surface area contributed by atoms with Crippen LogP contribution in [-0.2, 0) is 0 Å². The lowest BCUT2D eigenvalue weighted by atomic mass is 9.98. The topological polar surface area (TPSA) is 32.3 Å². The fourth-order valence-electron chi connectivity index (χ4n) is 2.47. The first-order valence-electron chi connectivity index (χ1n) is 7.42. The molecule has 2 N–H and O–H groups in total. The molecule has 0 fully saturated rings. The number of aliphatic hydroxyl groups is 1. The molecule has 5 heteroatoms. The van der Waals surface area contributed by atoms with Crippen molar-refractivity contribution in [2.24, 2.45) is 5.92 Å². The zero-order valence-electron chi connectivity index (χ0n) is 12.4. The van der Waals surface area contributed by atoms with Crippen molar-refractivity contribution in [3.63, 3.8) is 0 Å². The molecule has 1 rings (SSSR count). The molecule has 0 bridgehead atoms. The average Bonchev–Trinajstić information content (AvgIpc) is 2.43. The van der Waals surface area contributed by atoms with Gasteiger partial charge in [-0.3, -0.25) is 0 Å². The van der Waals surface area contributed by atoms with Gasteiger partial charge in [-0.05, 0) is 30.9 Å². The Balaban J connectivity index is 2.69. The van der Waals surface area contributed by atoms with Crippen LogP contribution in [0.2, 0.25) is 0 Å². The summed E-state index contributed by atoms with van der Waals surface area (Å²) < 4.78 is 38.2. The number of benzene rings is 1. The van der Waals surface area contributed by atoms with Crippen LogP contribution in [0, 0.1) is 5.92 Å². The highest BCUT2D eigenvalue weighted by Gasteiger charge is 2.32. The van der Waals surface area contributed by atoms with E-state index in [1.54, 1.807) is 30.3 Å². The van der Waals surface area contributed by atoms with Crippen molar-refractivity contribution in [2.75, 3.05) is 13.2 Å². The minimum atomic E-state index is -4.20. The molecule has 0 saturated carbocycles. The Kier molecular flexibility index (Phi) is 7.75. The number of hydrogen-bond acceptors (Lipinski definition) is 2. The Hall–Kier alpha value is -1.07. The van der Waals surface area contributed by atoms with E-state index in [4.69, 9.17) is 5.11 Å². The molecule has 0 amide bonds. The molecule has 120 valence electrons. The second-order valence-electron chi connectivity index (χ2n) is 5.36. The van der Waals surface area contributed by atoms with Crippen molar-refractivity contribution < 1.29 is 18.3 Å². The minimum absolute atomic E-state index is 0.0711. The van der Waals surface area contributed by atoms with Gasteiger partial charge in [-0.2, -0.15) is 13.2 Å². The third-order valence-electron chi connectivity index (χ3n) is 3.52. The van der Waals surface area contributed by atoms with E-state index in [9.17, 15) is 13.2 Å². The molecule has 0 aliphatic rings. The molecular weight excluding hydrogens is 279 g/mol. The SMILES string of the molecule is CCCC(CCO)CNC(CC(F)(F)F)c1ccccc1. The van der Waals surface area contributed by atoms with Gasteiger partial charge in [-0.15, -0.1) is 0 Å². The zero-order valence-corrected chi connectivity index (χ0v) is 12.4. The maximum Gasteiger partial charge on any atom is 0.390 e. The lowest BCUT2D eigenvalue weighted by molar-refractivity contribution is -0.140. The molecular formula is C16H24F3NO. The number of nitrogens with one attached hydrogen (secondary N) is 1. The first kappa shape index (κ1) is 18.0. The summed E-state index contributed by atoms with van der Waals surface area (Å²) in [5.74, 6) is 0.208. The molecule has 0 aliphatic carbocycles. The summed E-state index contributed by atoms with van der Waals surface area (Å²) in [7, 11) is 0. The van der Waals surface area contributed by atoms with Gasteiger partial charge in [0.2, 0.25) is 0 Å². The summed E-state index contributed by atoms with van der Waals surface area (Å²) in [6, 6.07) is 7.98. The summed E-state index contributed by atoms with van der Waals surface area (Å²) in [5.41, 5.74) is 0.647. The molecule has 2 atom stereocenters. The number of hydrogen-bond donors (Lipinski definition) is 2. The molecule has 0 aromatic heterocycles. The van der Waals surface area contributed by atoms with Gasteiger partial charge < -0.3 is 10.4 Å². The van der Waals surface area contributed by atoms with Crippen molar-refractivity contribution in [1.82, 2.24) is 5.32 Å². The van der Waals surface area contributed by atoms with Crippen molar-refractivity contribution >= 4 is 0 Å². The van der Waals surface area contributed by atoms with Crippen LogP contribution in [0.1, 0.15) is 44.2 Å². The minimum Gasteiger partial charge on any atom is -0.396 e. The molecule has 2 unspecified atom stereocenters. The Morgan fingerprint density at radius 2 is 1.81 bits per heavy atom. The van der Waals surface area contributed by atoms with E-state index in [1.165, 1.54) is 0 Å². The predicted molar refractivity (Wildman–Crippen MR) is 78.0 cm³/mol. The van der Waals surface area contributed by atoms with Gasteiger partial charge in [-0.25, -0.2) is 0 Å². The Labute approximate surface area is 124 Å². The van der Waals surface area contributed by atoms with E-state index in [2.05, 4.69) is 5.32 Å². The van der Waals surface area contributed by atoms with Crippen molar-refractivity contribution in [3.8, 4) is 0 Å². The van der Waals surface area contributed by atoms with E-state index >= 15 is 0 Å². The summed E-state index contributed by atoms with van der Waals surface area (Å²) >= 11 is 0. The quantitative estimate of drug-likeness (QED) is 0.721. The number of rotatable bonds is 9. The van der Waals surface area contributed by atoms with E-state index in [1.807, 2.05) is 6.92 Å². The highest BCUT2D eigenvalue weighted by Crippen LogP contribution is 2.29. The van der Waals surface area contributed by atoms with Crippen LogP contribution in [0.5, 0.6) is 0 Å². The molecule has 0 heterocycles. The zero-order chi connectivity index (χ0) is 15.7. The van der Waals surface area contributed by atoms with Crippen LogP contribution in [0.3, 0.4) is 0 Å². The van der Waals surface area contributed by atoms with Gasteiger partial charge in [0.25, 0.3) is 0 Å². The lowest BCUT2D eigenvalue weighted by Gasteiger charge is -2.24. The summed E-state index contributed by atoms with van der Waals surface area (Å²) in [4.78, 5) is 0. The molecule has 0 spiro atoms. The Morgan fingerprint density at radius 1 is 1.14 bits per heavy atom. The second-order valence-corrected chi connectivity index (χ2v) is 5.36. The number of alkyl halides is 3. The van der Waals surface area contributed by atoms with Crippen LogP contribution >= 0.6 is 0 Å². The van der Waals surface area contributed by atoms with Crippen molar-refractivity contribution in [2.45, 2.75) is 44.8 Å². The van der Waals surface area contributed by atoms with Crippen LogP contribution in [0.25, 0.3) is 0 Å². The van der Waals surface area contributed by atoms with Gasteiger partial charge in [0.15, 0.2) is 0 Å². The molecule has 1 aromatic rings.